The molecule has 0 bridgehead atoms. The van der Waals surface area contributed by atoms with Crippen molar-refractivity contribution in [3.63, 3.8) is 0 Å². The summed E-state index contributed by atoms with van der Waals surface area (Å²) in [5, 5.41) is 6.08. The molecule has 3 nitrogen and oxygen atoms in total. The van der Waals surface area contributed by atoms with Crippen LogP contribution in [0.25, 0.3) is 0 Å². The minimum Gasteiger partial charge on any atom is -0.353 e. The first-order valence-corrected chi connectivity index (χ1v) is 5.70. The molecular formula is C11H22N2O. The lowest BCUT2D eigenvalue weighted by atomic mass is 10.1. The summed E-state index contributed by atoms with van der Waals surface area (Å²) in [6.45, 7) is 2.91. The summed E-state index contributed by atoms with van der Waals surface area (Å²) >= 11 is 0. The largest absolute Gasteiger partial charge is 0.353 e. The van der Waals surface area contributed by atoms with E-state index in [1.54, 1.807) is 0 Å². The predicted octanol–water partition coefficient (Wildman–Crippen LogP) is 1.29. The van der Waals surface area contributed by atoms with Crippen molar-refractivity contribution in [1.29, 1.82) is 0 Å². The van der Waals surface area contributed by atoms with Gasteiger partial charge in [0.15, 0.2) is 0 Å². The van der Waals surface area contributed by atoms with Crippen LogP contribution in [0.2, 0.25) is 0 Å². The number of carbonyl (C=O) groups is 1. The van der Waals surface area contributed by atoms with Gasteiger partial charge in [-0.1, -0.05) is 19.8 Å². The Bertz CT molecular complexity index is 178. The smallest absolute Gasteiger partial charge is 0.221 e. The number of rotatable bonds is 7. The third kappa shape index (κ3) is 4.61. The van der Waals surface area contributed by atoms with Gasteiger partial charge < -0.3 is 10.6 Å². The molecular weight excluding hydrogens is 176 g/mol. The summed E-state index contributed by atoms with van der Waals surface area (Å²) in [5.74, 6) is 1.08. The van der Waals surface area contributed by atoms with E-state index >= 15 is 0 Å². The van der Waals surface area contributed by atoms with E-state index in [4.69, 9.17) is 0 Å². The Kier molecular flexibility index (Phi) is 4.94. The second kappa shape index (κ2) is 6.02. The lowest BCUT2D eigenvalue weighted by molar-refractivity contribution is -0.121. The van der Waals surface area contributed by atoms with Gasteiger partial charge >= 0.3 is 0 Å². The molecule has 14 heavy (non-hydrogen) atoms. The van der Waals surface area contributed by atoms with Crippen molar-refractivity contribution in [1.82, 2.24) is 10.6 Å². The number of nitrogens with one attached hydrogen (secondary N) is 2. The Morgan fingerprint density at radius 2 is 2.21 bits per heavy atom. The molecule has 1 atom stereocenters. The Hall–Kier alpha value is -0.570. The average Bonchev–Trinajstić information content (AvgIpc) is 2.97. The summed E-state index contributed by atoms with van der Waals surface area (Å²) < 4.78 is 0. The molecule has 1 aliphatic carbocycles. The van der Waals surface area contributed by atoms with Crippen LogP contribution in [0, 0.1) is 5.92 Å². The average molecular weight is 198 g/mol. The highest BCUT2D eigenvalue weighted by Gasteiger charge is 2.25. The van der Waals surface area contributed by atoms with Crippen molar-refractivity contribution in [3.05, 3.63) is 0 Å². The SMILES string of the molecule is CCC(CC1CC1)NC(=O)CCNC. The fraction of sp³-hybridized carbons (Fsp3) is 0.909. The first kappa shape index (κ1) is 11.5. The lowest BCUT2D eigenvalue weighted by Gasteiger charge is -2.16. The molecule has 82 valence electrons. The van der Waals surface area contributed by atoms with Crippen LogP contribution in [0.3, 0.4) is 0 Å². The van der Waals surface area contributed by atoms with E-state index in [2.05, 4.69) is 17.6 Å². The van der Waals surface area contributed by atoms with Gasteiger partial charge in [-0.25, -0.2) is 0 Å². The molecule has 0 spiro atoms. The zero-order valence-electron chi connectivity index (χ0n) is 9.31. The monoisotopic (exact) mass is 198 g/mol. The Morgan fingerprint density at radius 3 is 2.71 bits per heavy atom. The van der Waals surface area contributed by atoms with Crippen LogP contribution in [0.15, 0.2) is 0 Å². The van der Waals surface area contributed by atoms with Crippen molar-refractivity contribution < 1.29 is 4.79 Å². The van der Waals surface area contributed by atoms with Gasteiger partial charge in [-0.3, -0.25) is 4.79 Å². The first-order chi connectivity index (χ1) is 6.76. The van der Waals surface area contributed by atoms with Gasteiger partial charge in [0.2, 0.25) is 5.91 Å². The standard InChI is InChI=1S/C11H22N2O/c1-3-10(8-9-4-5-9)13-11(14)6-7-12-2/h9-10,12H,3-8H2,1-2H3,(H,13,14). The van der Waals surface area contributed by atoms with Crippen LogP contribution in [0.1, 0.15) is 39.0 Å². The molecule has 1 unspecified atom stereocenters. The first-order valence-electron chi connectivity index (χ1n) is 5.70. The molecule has 0 heterocycles. The quantitative estimate of drug-likeness (QED) is 0.647. The Morgan fingerprint density at radius 1 is 1.50 bits per heavy atom. The zero-order valence-corrected chi connectivity index (χ0v) is 9.31. The van der Waals surface area contributed by atoms with Gasteiger partial charge in [0.25, 0.3) is 0 Å². The molecule has 0 aromatic heterocycles. The Labute approximate surface area is 86.6 Å². The summed E-state index contributed by atoms with van der Waals surface area (Å²) in [6.07, 6.45) is 5.56. The van der Waals surface area contributed by atoms with E-state index in [-0.39, 0.29) is 5.91 Å². The molecule has 1 fully saturated rings. The van der Waals surface area contributed by atoms with E-state index in [1.165, 1.54) is 19.3 Å². The fourth-order valence-corrected chi connectivity index (χ4v) is 1.62. The summed E-state index contributed by atoms with van der Waals surface area (Å²) in [4.78, 5) is 11.4. The van der Waals surface area contributed by atoms with E-state index < -0.39 is 0 Å². The molecule has 0 aliphatic heterocycles. The van der Waals surface area contributed by atoms with Crippen molar-refractivity contribution in [2.45, 2.75) is 45.1 Å². The van der Waals surface area contributed by atoms with Crippen molar-refractivity contribution in [2.75, 3.05) is 13.6 Å². The summed E-state index contributed by atoms with van der Waals surface area (Å²) in [5.41, 5.74) is 0. The highest BCUT2D eigenvalue weighted by molar-refractivity contribution is 5.76. The highest BCUT2D eigenvalue weighted by atomic mass is 16.1. The van der Waals surface area contributed by atoms with Crippen LogP contribution < -0.4 is 10.6 Å². The van der Waals surface area contributed by atoms with E-state index in [1.807, 2.05) is 7.05 Å². The third-order valence-electron chi connectivity index (χ3n) is 2.77. The van der Waals surface area contributed by atoms with Gasteiger partial charge in [-0.2, -0.15) is 0 Å². The van der Waals surface area contributed by atoms with E-state index in [9.17, 15) is 4.79 Å². The number of amides is 1. The normalized spacial score (nSPS) is 17.9. The predicted molar refractivity (Wildman–Crippen MR) is 58.1 cm³/mol. The second-order valence-electron chi connectivity index (χ2n) is 4.21. The van der Waals surface area contributed by atoms with Crippen molar-refractivity contribution in [2.24, 2.45) is 5.92 Å². The van der Waals surface area contributed by atoms with Crippen molar-refractivity contribution >= 4 is 5.91 Å². The molecule has 0 radical (unpaired) electrons. The van der Waals surface area contributed by atoms with Crippen LogP contribution in [0.4, 0.5) is 0 Å². The van der Waals surface area contributed by atoms with Crippen LogP contribution >= 0.6 is 0 Å². The number of hydrogen-bond acceptors (Lipinski definition) is 2. The van der Waals surface area contributed by atoms with E-state index in [0.29, 0.717) is 12.5 Å². The van der Waals surface area contributed by atoms with Gasteiger partial charge in [-0.05, 0) is 25.8 Å². The fourth-order valence-electron chi connectivity index (χ4n) is 1.62. The molecule has 1 rings (SSSR count). The molecule has 3 heteroatoms. The molecule has 1 amide bonds. The maximum Gasteiger partial charge on any atom is 0.221 e. The topological polar surface area (TPSA) is 41.1 Å². The highest BCUT2D eigenvalue weighted by Crippen LogP contribution is 2.33. The van der Waals surface area contributed by atoms with Gasteiger partial charge in [0.1, 0.15) is 0 Å². The summed E-state index contributed by atoms with van der Waals surface area (Å²) in [6, 6.07) is 0.409. The minimum absolute atomic E-state index is 0.187. The molecule has 0 saturated heterocycles. The van der Waals surface area contributed by atoms with Crippen LogP contribution in [-0.2, 0) is 4.79 Å². The zero-order chi connectivity index (χ0) is 10.4. The van der Waals surface area contributed by atoms with Gasteiger partial charge in [-0.15, -0.1) is 0 Å². The number of hydrogen-bond donors (Lipinski definition) is 2. The van der Waals surface area contributed by atoms with Gasteiger partial charge in [0.05, 0.1) is 0 Å². The summed E-state index contributed by atoms with van der Waals surface area (Å²) in [7, 11) is 1.87. The lowest BCUT2D eigenvalue weighted by Crippen LogP contribution is -2.36. The molecule has 1 saturated carbocycles. The van der Waals surface area contributed by atoms with Crippen molar-refractivity contribution in [3.8, 4) is 0 Å². The van der Waals surface area contributed by atoms with E-state index in [0.717, 1.165) is 18.9 Å². The number of carbonyl (C=O) groups excluding carboxylic acids is 1. The Balaban J connectivity index is 2.13. The molecule has 1 aliphatic rings. The third-order valence-corrected chi connectivity index (χ3v) is 2.77. The minimum atomic E-state index is 0.187. The maximum atomic E-state index is 11.4. The molecule has 0 aromatic rings. The second-order valence-corrected chi connectivity index (χ2v) is 4.21. The molecule has 2 N–H and O–H groups in total. The maximum absolute atomic E-state index is 11.4. The van der Waals surface area contributed by atoms with Gasteiger partial charge in [0, 0.05) is 19.0 Å². The van der Waals surface area contributed by atoms with Crippen LogP contribution in [0.5, 0.6) is 0 Å². The van der Waals surface area contributed by atoms with Crippen LogP contribution in [-0.4, -0.2) is 25.5 Å². The molecule has 0 aromatic carbocycles.